The van der Waals surface area contributed by atoms with E-state index < -0.39 is 0 Å². The Morgan fingerprint density at radius 1 is 1.00 bits per heavy atom. The molecule has 2 atom stereocenters. The SMILES string of the molecule is C[C@@H]1N=CC=N[C@@H]1C. The Kier molecular flexibility index (Phi) is 1.42. The molecule has 0 N–H and O–H groups in total. The fourth-order valence-corrected chi connectivity index (χ4v) is 0.598. The third-order valence-electron chi connectivity index (χ3n) is 1.41. The van der Waals surface area contributed by atoms with Gasteiger partial charge in [-0.05, 0) is 13.8 Å². The number of nitrogens with zero attached hydrogens (tertiary/aromatic N) is 2. The molecule has 0 fully saturated rings. The van der Waals surface area contributed by atoms with Crippen molar-refractivity contribution in [1.29, 1.82) is 0 Å². The van der Waals surface area contributed by atoms with Gasteiger partial charge in [0.25, 0.3) is 0 Å². The first-order chi connectivity index (χ1) is 3.80. The first-order valence-electron chi connectivity index (χ1n) is 2.85. The zero-order chi connectivity index (χ0) is 5.98. The monoisotopic (exact) mass is 110 g/mol. The Hall–Kier alpha value is -0.660. The van der Waals surface area contributed by atoms with E-state index in [9.17, 15) is 0 Å². The summed E-state index contributed by atoms with van der Waals surface area (Å²) >= 11 is 0. The summed E-state index contributed by atoms with van der Waals surface area (Å²) in [5.41, 5.74) is 0. The van der Waals surface area contributed by atoms with Crippen molar-refractivity contribution in [3.05, 3.63) is 0 Å². The summed E-state index contributed by atoms with van der Waals surface area (Å²) < 4.78 is 0. The van der Waals surface area contributed by atoms with E-state index in [-0.39, 0.29) is 0 Å². The summed E-state index contributed by atoms with van der Waals surface area (Å²) in [7, 11) is 0. The van der Waals surface area contributed by atoms with Crippen molar-refractivity contribution in [2.75, 3.05) is 0 Å². The molecule has 0 saturated carbocycles. The Balaban J connectivity index is 2.59. The van der Waals surface area contributed by atoms with Crippen molar-refractivity contribution in [1.82, 2.24) is 0 Å². The minimum absolute atomic E-state index is 0.375. The molecule has 2 nitrogen and oxygen atoms in total. The van der Waals surface area contributed by atoms with Crippen molar-refractivity contribution in [3.63, 3.8) is 0 Å². The van der Waals surface area contributed by atoms with Crippen LogP contribution in [0.25, 0.3) is 0 Å². The molecule has 0 saturated heterocycles. The molecule has 0 amide bonds. The van der Waals surface area contributed by atoms with Crippen molar-refractivity contribution >= 4 is 12.4 Å². The van der Waals surface area contributed by atoms with E-state index in [2.05, 4.69) is 23.8 Å². The molecule has 0 aromatic rings. The molecule has 8 heavy (non-hydrogen) atoms. The number of aliphatic imine (C=N–C) groups is 2. The van der Waals surface area contributed by atoms with Crippen molar-refractivity contribution in [2.45, 2.75) is 25.9 Å². The second-order valence-corrected chi connectivity index (χ2v) is 2.08. The molecule has 0 radical (unpaired) electrons. The van der Waals surface area contributed by atoms with E-state index in [1.165, 1.54) is 0 Å². The van der Waals surface area contributed by atoms with Gasteiger partial charge < -0.3 is 0 Å². The third-order valence-corrected chi connectivity index (χ3v) is 1.41. The fourth-order valence-electron chi connectivity index (χ4n) is 0.598. The molecule has 44 valence electrons. The van der Waals surface area contributed by atoms with Gasteiger partial charge in [-0.1, -0.05) is 0 Å². The van der Waals surface area contributed by atoms with E-state index >= 15 is 0 Å². The van der Waals surface area contributed by atoms with Crippen LogP contribution in [0.3, 0.4) is 0 Å². The van der Waals surface area contributed by atoms with Gasteiger partial charge in [-0.3, -0.25) is 9.98 Å². The highest BCUT2D eigenvalue weighted by Gasteiger charge is 2.08. The molecular formula is C6H10N2. The largest absolute Gasteiger partial charge is 0.286 e. The van der Waals surface area contributed by atoms with Gasteiger partial charge >= 0.3 is 0 Å². The van der Waals surface area contributed by atoms with Gasteiger partial charge in [0.05, 0.1) is 12.1 Å². The van der Waals surface area contributed by atoms with E-state index in [1.807, 2.05) is 0 Å². The van der Waals surface area contributed by atoms with Crippen LogP contribution in [-0.4, -0.2) is 24.5 Å². The lowest BCUT2D eigenvalue weighted by molar-refractivity contribution is 0.608. The number of hydrogen-bond acceptors (Lipinski definition) is 2. The van der Waals surface area contributed by atoms with Crippen LogP contribution in [0.1, 0.15) is 13.8 Å². The number of hydrogen-bond donors (Lipinski definition) is 0. The summed E-state index contributed by atoms with van der Waals surface area (Å²) in [6.45, 7) is 4.13. The second kappa shape index (κ2) is 2.07. The molecule has 0 bridgehead atoms. The van der Waals surface area contributed by atoms with Gasteiger partial charge in [0.1, 0.15) is 0 Å². The summed E-state index contributed by atoms with van der Waals surface area (Å²) in [4.78, 5) is 8.27. The van der Waals surface area contributed by atoms with Gasteiger partial charge in [-0.25, -0.2) is 0 Å². The summed E-state index contributed by atoms with van der Waals surface area (Å²) in [5.74, 6) is 0. The quantitative estimate of drug-likeness (QED) is 0.443. The lowest BCUT2D eigenvalue weighted by Gasteiger charge is -2.12. The van der Waals surface area contributed by atoms with Gasteiger partial charge in [0, 0.05) is 12.4 Å². The predicted octanol–water partition coefficient (Wildman–Crippen LogP) is 0.919. The highest BCUT2D eigenvalue weighted by molar-refractivity contribution is 6.16. The predicted molar refractivity (Wildman–Crippen MR) is 35.9 cm³/mol. The summed E-state index contributed by atoms with van der Waals surface area (Å²) in [6.07, 6.45) is 3.51. The Morgan fingerprint density at radius 3 is 1.62 bits per heavy atom. The zero-order valence-electron chi connectivity index (χ0n) is 5.20. The van der Waals surface area contributed by atoms with E-state index in [0.717, 1.165) is 0 Å². The van der Waals surface area contributed by atoms with Gasteiger partial charge in [0.15, 0.2) is 0 Å². The lowest BCUT2D eigenvalue weighted by Crippen LogP contribution is -2.18. The van der Waals surface area contributed by atoms with Crippen LogP contribution < -0.4 is 0 Å². The van der Waals surface area contributed by atoms with Crippen LogP contribution in [0.2, 0.25) is 0 Å². The molecule has 0 spiro atoms. The molecule has 0 unspecified atom stereocenters. The fraction of sp³-hybridized carbons (Fsp3) is 0.667. The first-order valence-corrected chi connectivity index (χ1v) is 2.85. The molecule has 1 aliphatic heterocycles. The van der Waals surface area contributed by atoms with Gasteiger partial charge in [-0.15, -0.1) is 0 Å². The smallest absolute Gasteiger partial charge is 0.0692 e. The lowest BCUT2D eigenvalue weighted by atomic mass is 10.2. The molecule has 2 heteroatoms. The number of rotatable bonds is 0. The maximum atomic E-state index is 4.14. The highest BCUT2D eigenvalue weighted by Crippen LogP contribution is 2.02. The average Bonchev–Trinajstić information content (AvgIpc) is 1.77. The minimum atomic E-state index is 0.375. The van der Waals surface area contributed by atoms with Gasteiger partial charge in [-0.2, -0.15) is 0 Å². The first kappa shape index (κ1) is 5.48. The molecule has 1 heterocycles. The molecule has 0 aliphatic carbocycles. The van der Waals surface area contributed by atoms with E-state index in [0.29, 0.717) is 12.1 Å². The van der Waals surface area contributed by atoms with E-state index in [4.69, 9.17) is 0 Å². The maximum absolute atomic E-state index is 4.14. The van der Waals surface area contributed by atoms with Crippen LogP contribution >= 0.6 is 0 Å². The molecule has 1 rings (SSSR count). The van der Waals surface area contributed by atoms with Crippen molar-refractivity contribution in [2.24, 2.45) is 9.98 Å². The Labute approximate surface area is 49.3 Å². The standard InChI is InChI=1S/C6H10N2/c1-5-6(2)8-4-3-7-5/h3-6H,1-2H3/t5-,6+. The topological polar surface area (TPSA) is 24.7 Å². The summed E-state index contributed by atoms with van der Waals surface area (Å²) in [5, 5.41) is 0. The molecule has 0 aromatic heterocycles. The minimum Gasteiger partial charge on any atom is -0.286 e. The Bertz CT molecular complexity index is 110. The highest BCUT2D eigenvalue weighted by atomic mass is 14.9. The normalized spacial score (nSPS) is 35.8. The summed E-state index contributed by atoms with van der Waals surface area (Å²) in [6, 6.07) is 0.750. The van der Waals surface area contributed by atoms with Crippen LogP contribution in [-0.2, 0) is 0 Å². The van der Waals surface area contributed by atoms with Crippen LogP contribution in [0.15, 0.2) is 9.98 Å². The second-order valence-electron chi connectivity index (χ2n) is 2.08. The third kappa shape index (κ3) is 0.941. The Morgan fingerprint density at radius 2 is 1.38 bits per heavy atom. The van der Waals surface area contributed by atoms with Crippen LogP contribution in [0.5, 0.6) is 0 Å². The molecule has 1 aliphatic rings. The average molecular weight is 110 g/mol. The maximum Gasteiger partial charge on any atom is 0.0692 e. The zero-order valence-corrected chi connectivity index (χ0v) is 5.20. The van der Waals surface area contributed by atoms with Crippen LogP contribution in [0.4, 0.5) is 0 Å². The van der Waals surface area contributed by atoms with Crippen LogP contribution in [0, 0.1) is 0 Å². The molecular weight excluding hydrogens is 100 g/mol. The molecule has 0 aromatic carbocycles. The van der Waals surface area contributed by atoms with Crippen molar-refractivity contribution < 1.29 is 0 Å². The van der Waals surface area contributed by atoms with E-state index in [1.54, 1.807) is 12.4 Å². The van der Waals surface area contributed by atoms with Gasteiger partial charge in [0.2, 0.25) is 0 Å². The van der Waals surface area contributed by atoms with Crippen molar-refractivity contribution in [3.8, 4) is 0 Å².